The summed E-state index contributed by atoms with van der Waals surface area (Å²) in [4.78, 5) is 20.9. The molecule has 25 heavy (non-hydrogen) atoms. The number of aromatic nitrogens is 2. The van der Waals surface area contributed by atoms with Gasteiger partial charge in [-0.2, -0.15) is 0 Å². The first kappa shape index (κ1) is 18.2. The highest BCUT2D eigenvalue weighted by Crippen LogP contribution is 2.36. The lowest BCUT2D eigenvalue weighted by Crippen LogP contribution is -2.35. The molecule has 3 rings (SSSR count). The predicted octanol–water partition coefficient (Wildman–Crippen LogP) is 3.33. The Kier molecular flexibility index (Phi) is 5.32. The van der Waals surface area contributed by atoms with E-state index in [0.29, 0.717) is 12.4 Å². The zero-order valence-corrected chi connectivity index (χ0v) is 14.6. The van der Waals surface area contributed by atoms with E-state index in [2.05, 4.69) is 15.3 Å². The molecule has 1 atom stereocenters. The summed E-state index contributed by atoms with van der Waals surface area (Å²) in [5.74, 6) is -2.44. The van der Waals surface area contributed by atoms with Crippen molar-refractivity contribution in [3.8, 4) is 0 Å². The third kappa shape index (κ3) is 4.51. The predicted molar refractivity (Wildman–Crippen MR) is 87.9 cm³/mol. The Hall–Kier alpha value is -1.63. The van der Waals surface area contributed by atoms with Gasteiger partial charge in [0.25, 0.3) is 0 Å². The molecular weight excluding hydrogens is 328 g/mol. The normalized spacial score (nSPS) is 27.0. The van der Waals surface area contributed by atoms with E-state index in [1.54, 1.807) is 12.4 Å². The Balaban J connectivity index is 1.51. The van der Waals surface area contributed by atoms with Crippen LogP contribution in [0.4, 0.5) is 8.78 Å². The Morgan fingerprint density at radius 2 is 1.92 bits per heavy atom. The van der Waals surface area contributed by atoms with E-state index in [1.807, 2.05) is 6.92 Å². The van der Waals surface area contributed by atoms with Crippen LogP contribution < -0.4 is 5.32 Å². The molecule has 1 aliphatic carbocycles. The molecule has 2 aliphatic rings. The van der Waals surface area contributed by atoms with Crippen LogP contribution in [0, 0.1) is 5.92 Å². The first-order valence-electron chi connectivity index (χ1n) is 8.99. The highest BCUT2D eigenvalue weighted by molar-refractivity contribution is 5.78. The second-order valence-electron chi connectivity index (χ2n) is 7.30. The van der Waals surface area contributed by atoms with Crippen molar-refractivity contribution in [1.82, 2.24) is 15.3 Å². The molecule has 1 saturated heterocycles. The monoisotopic (exact) mass is 353 g/mol. The largest absolute Gasteiger partial charge is 0.367 e. The van der Waals surface area contributed by atoms with Crippen LogP contribution >= 0.6 is 0 Å². The summed E-state index contributed by atoms with van der Waals surface area (Å²) < 4.78 is 32.1. The summed E-state index contributed by atoms with van der Waals surface area (Å²) in [6, 6.07) is 0. The van der Waals surface area contributed by atoms with Gasteiger partial charge in [-0.25, -0.2) is 18.7 Å². The van der Waals surface area contributed by atoms with Crippen molar-refractivity contribution < 1.29 is 18.3 Å². The second-order valence-corrected chi connectivity index (χ2v) is 7.30. The third-order valence-corrected chi connectivity index (χ3v) is 5.20. The van der Waals surface area contributed by atoms with Gasteiger partial charge in [-0.1, -0.05) is 0 Å². The van der Waals surface area contributed by atoms with Crippen LogP contribution in [-0.2, 0) is 21.7 Å². The molecule has 0 radical (unpaired) electrons. The van der Waals surface area contributed by atoms with Gasteiger partial charge >= 0.3 is 0 Å². The molecule has 0 aromatic carbocycles. The highest BCUT2D eigenvalue weighted by atomic mass is 19.3. The second kappa shape index (κ2) is 7.32. The topological polar surface area (TPSA) is 64.1 Å². The number of ether oxygens (including phenoxy) is 1. The smallest absolute Gasteiger partial charge is 0.248 e. The number of amides is 1. The molecule has 1 saturated carbocycles. The Morgan fingerprint density at radius 1 is 1.24 bits per heavy atom. The number of alkyl halides is 2. The summed E-state index contributed by atoms with van der Waals surface area (Å²) in [7, 11) is 0. The fourth-order valence-corrected chi connectivity index (χ4v) is 3.47. The van der Waals surface area contributed by atoms with E-state index < -0.39 is 11.5 Å². The zero-order valence-electron chi connectivity index (χ0n) is 14.6. The molecule has 0 unspecified atom stereocenters. The van der Waals surface area contributed by atoms with Crippen molar-refractivity contribution in [2.45, 2.75) is 69.9 Å². The third-order valence-electron chi connectivity index (χ3n) is 5.20. The Bertz CT molecular complexity index is 591. The maximum atomic E-state index is 13.2. The lowest BCUT2D eigenvalue weighted by atomic mass is 9.86. The summed E-state index contributed by atoms with van der Waals surface area (Å²) in [5.41, 5.74) is 0.352. The van der Waals surface area contributed by atoms with Gasteiger partial charge in [0.1, 0.15) is 5.60 Å². The van der Waals surface area contributed by atoms with Gasteiger partial charge < -0.3 is 10.1 Å². The SMILES string of the molecule is C[C@@]1(c2ncc(CNC(=O)C3CCC(F)(F)CC3)cn2)CCCCO1. The molecule has 1 amide bonds. The Morgan fingerprint density at radius 3 is 2.52 bits per heavy atom. The maximum absolute atomic E-state index is 13.2. The number of nitrogens with one attached hydrogen (secondary N) is 1. The van der Waals surface area contributed by atoms with Gasteiger partial charge in [0.05, 0.1) is 0 Å². The van der Waals surface area contributed by atoms with Crippen molar-refractivity contribution in [1.29, 1.82) is 0 Å². The number of halogens is 2. The van der Waals surface area contributed by atoms with Gasteiger partial charge in [0.2, 0.25) is 11.8 Å². The van der Waals surface area contributed by atoms with E-state index in [0.717, 1.165) is 31.4 Å². The van der Waals surface area contributed by atoms with Crippen LogP contribution in [0.3, 0.4) is 0 Å². The average molecular weight is 353 g/mol. The van der Waals surface area contributed by atoms with Gasteiger partial charge in [-0.3, -0.25) is 4.79 Å². The summed E-state index contributed by atoms with van der Waals surface area (Å²) in [6.45, 7) is 3.03. The zero-order chi connectivity index (χ0) is 17.9. The molecule has 5 nitrogen and oxygen atoms in total. The fraction of sp³-hybridized carbons (Fsp3) is 0.722. The Labute approximate surface area is 146 Å². The highest BCUT2D eigenvalue weighted by Gasteiger charge is 2.37. The van der Waals surface area contributed by atoms with E-state index in [4.69, 9.17) is 4.74 Å². The van der Waals surface area contributed by atoms with E-state index in [-0.39, 0.29) is 37.5 Å². The van der Waals surface area contributed by atoms with Crippen LogP contribution in [0.15, 0.2) is 12.4 Å². The number of hydrogen-bond acceptors (Lipinski definition) is 4. The summed E-state index contributed by atoms with van der Waals surface area (Å²) >= 11 is 0. The molecule has 1 N–H and O–H groups in total. The van der Waals surface area contributed by atoms with Crippen LogP contribution in [0.2, 0.25) is 0 Å². The molecular formula is C18H25F2N3O2. The average Bonchev–Trinajstić information content (AvgIpc) is 2.61. The minimum Gasteiger partial charge on any atom is -0.367 e. The van der Waals surface area contributed by atoms with Crippen molar-refractivity contribution in [2.75, 3.05) is 6.61 Å². The van der Waals surface area contributed by atoms with Gasteiger partial charge in [-0.15, -0.1) is 0 Å². The van der Waals surface area contributed by atoms with Crippen LogP contribution in [0.5, 0.6) is 0 Å². The molecule has 7 heteroatoms. The molecule has 1 aromatic rings. The number of rotatable bonds is 4. The lowest BCUT2D eigenvalue weighted by Gasteiger charge is -2.32. The van der Waals surface area contributed by atoms with Gasteiger partial charge in [0, 0.05) is 49.9 Å². The van der Waals surface area contributed by atoms with Crippen molar-refractivity contribution in [2.24, 2.45) is 5.92 Å². The molecule has 0 bridgehead atoms. The van der Waals surface area contributed by atoms with Crippen LogP contribution in [-0.4, -0.2) is 28.4 Å². The number of hydrogen-bond donors (Lipinski definition) is 1. The maximum Gasteiger partial charge on any atom is 0.248 e. The number of carbonyl (C=O) groups excluding carboxylic acids is 1. The van der Waals surface area contributed by atoms with Crippen molar-refractivity contribution in [3.63, 3.8) is 0 Å². The van der Waals surface area contributed by atoms with Gasteiger partial charge in [0.15, 0.2) is 5.82 Å². The minimum atomic E-state index is -2.61. The molecule has 0 spiro atoms. The van der Waals surface area contributed by atoms with Crippen LogP contribution in [0.25, 0.3) is 0 Å². The molecule has 2 fully saturated rings. The standard InChI is InChI=1S/C18H25F2N3O2/c1-17(6-2-3-9-25-17)16-22-11-13(12-23-16)10-21-15(24)14-4-7-18(19,20)8-5-14/h11-12,14H,2-10H2,1H3,(H,21,24)/t17-/m0/s1. The summed E-state index contributed by atoms with van der Waals surface area (Å²) in [6.07, 6.45) is 6.51. The minimum absolute atomic E-state index is 0.165. The molecule has 2 heterocycles. The number of carbonyl (C=O) groups is 1. The molecule has 1 aliphatic heterocycles. The molecule has 138 valence electrons. The lowest BCUT2D eigenvalue weighted by molar-refractivity contribution is -0.129. The van der Waals surface area contributed by atoms with Gasteiger partial charge in [-0.05, 0) is 39.0 Å². The fourth-order valence-electron chi connectivity index (χ4n) is 3.47. The summed E-state index contributed by atoms with van der Waals surface area (Å²) in [5, 5.41) is 2.81. The van der Waals surface area contributed by atoms with E-state index in [9.17, 15) is 13.6 Å². The first-order chi connectivity index (χ1) is 11.9. The van der Waals surface area contributed by atoms with E-state index >= 15 is 0 Å². The quantitative estimate of drug-likeness (QED) is 0.902. The van der Waals surface area contributed by atoms with Crippen molar-refractivity contribution in [3.05, 3.63) is 23.8 Å². The number of nitrogens with zero attached hydrogens (tertiary/aromatic N) is 2. The van der Waals surface area contributed by atoms with Crippen molar-refractivity contribution >= 4 is 5.91 Å². The van der Waals surface area contributed by atoms with Crippen LogP contribution in [0.1, 0.15) is 63.3 Å². The first-order valence-corrected chi connectivity index (χ1v) is 8.99. The molecule has 1 aromatic heterocycles. The van der Waals surface area contributed by atoms with E-state index in [1.165, 1.54) is 0 Å².